The Balaban J connectivity index is 1.20. The highest BCUT2D eigenvalue weighted by Crippen LogP contribution is 2.43. The van der Waals surface area contributed by atoms with E-state index in [4.69, 9.17) is 10.5 Å². The average molecular weight is 586 g/mol. The number of aromatic amines is 1. The van der Waals surface area contributed by atoms with Crippen LogP contribution in [-0.4, -0.2) is 44.1 Å². The highest BCUT2D eigenvalue weighted by molar-refractivity contribution is 5.42. The lowest BCUT2D eigenvalue weighted by Crippen LogP contribution is -2.37. The standard InChI is InChI=1S/C36H47N3O4/c1-2-36-16-3-6-26(13-18-36)35(42)30(8-4-17-36)31(40)11-9-25-10-12-32(41)33(22-25)43-21-15-28(23-29-7-5-19-38-29)27-14-20-39-34(37)24-27/h5,7,10,12,14,19-20,22,24,26,28,30-31,35,38,40-42H,2-3,6,8-9,11,13,15-16,18,21,23H2,1H3,(H2,37,39)/t26-,28+,30+,31+,35-,36-/m0/s1. The number of nitrogens with one attached hydrogen (secondary N) is 1. The van der Waals surface area contributed by atoms with Crippen LogP contribution in [0.15, 0.2) is 54.9 Å². The van der Waals surface area contributed by atoms with Gasteiger partial charge in [-0.15, -0.1) is 5.92 Å². The zero-order chi connectivity index (χ0) is 30.2. The van der Waals surface area contributed by atoms with Gasteiger partial charge in [-0.2, -0.15) is 0 Å². The Labute approximate surface area is 255 Å². The number of phenols is 1. The van der Waals surface area contributed by atoms with Gasteiger partial charge < -0.3 is 30.8 Å². The van der Waals surface area contributed by atoms with Crippen molar-refractivity contribution >= 4 is 5.82 Å². The van der Waals surface area contributed by atoms with Crippen LogP contribution in [0.25, 0.3) is 0 Å². The van der Waals surface area contributed by atoms with Crippen molar-refractivity contribution < 1.29 is 20.1 Å². The summed E-state index contributed by atoms with van der Waals surface area (Å²) in [6.07, 6.45) is 11.9. The minimum atomic E-state index is -0.653. The quantitative estimate of drug-likeness (QED) is 0.163. The number of nitrogens with two attached hydrogens (primary N) is 1. The van der Waals surface area contributed by atoms with Gasteiger partial charge in [0.25, 0.3) is 0 Å². The van der Waals surface area contributed by atoms with Crippen molar-refractivity contribution in [2.24, 2.45) is 17.3 Å². The summed E-state index contributed by atoms with van der Waals surface area (Å²) >= 11 is 0. The molecule has 43 heavy (non-hydrogen) atoms. The number of H-pyrrole nitrogens is 1. The normalized spacial score (nSPS) is 25.0. The smallest absolute Gasteiger partial charge is 0.161 e. The molecular formula is C36H47N3O4. The number of phenolic OH excluding ortho intramolecular Hbond substituents is 1. The minimum absolute atomic E-state index is 0.0737. The number of hydrogen-bond donors (Lipinski definition) is 5. The molecule has 5 rings (SSSR count). The van der Waals surface area contributed by atoms with E-state index < -0.39 is 12.2 Å². The number of rotatable bonds is 12. The van der Waals surface area contributed by atoms with E-state index in [0.29, 0.717) is 37.4 Å². The Hall–Kier alpha value is -3.47. The second-order valence-electron chi connectivity index (χ2n) is 12.6. The van der Waals surface area contributed by atoms with Gasteiger partial charge in [-0.3, -0.25) is 0 Å². The second-order valence-corrected chi connectivity index (χ2v) is 12.6. The number of aryl methyl sites for hydroxylation is 1. The summed E-state index contributed by atoms with van der Waals surface area (Å²) in [7, 11) is 0. The van der Waals surface area contributed by atoms with Gasteiger partial charge >= 0.3 is 0 Å². The number of fused-ring (bicyclic) bond motifs is 3. The van der Waals surface area contributed by atoms with Crippen molar-refractivity contribution in [2.45, 2.75) is 95.7 Å². The van der Waals surface area contributed by atoms with E-state index in [0.717, 1.165) is 68.2 Å². The van der Waals surface area contributed by atoms with Gasteiger partial charge in [-0.05, 0) is 117 Å². The molecule has 0 amide bonds. The van der Waals surface area contributed by atoms with Crippen molar-refractivity contribution in [1.29, 1.82) is 0 Å². The number of ether oxygens (including phenoxy) is 1. The molecule has 0 spiro atoms. The summed E-state index contributed by atoms with van der Waals surface area (Å²) in [5.41, 5.74) is 9.25. The van der Waals surface area contributed by atoms with Crippen LogP contribution in [0.4, 0.5) is 5.82 Å². The van der Waals surface area contributed by atoms with Crippen molar-refractivity contribution in [3.8, 4) is 23.3 Å². The molecule has 2 heterocycles. The first kappa shape index (κ1) is 31.0. The number of nitrogen functional groups attached to an aromatic ring is 1. The van der Waals surface area contributed by atoms with E-state index in [1.807, 2.05) is 36.5 Å². The van der Waals surface area contributed by atoms with Gasteiger partial charge in [0.2, 0.25) is 0 Å². The van der Waals surface area contributed by atoms with Gasteiger partial charge in [0, 0.05) is 35.8 Å². The molecule has 7 nitrogen and oxygen atoms in total. The molecule has 0 saturated heterocycles. The molecule has 0 radical (unpaired) electrons. The third-order valence-corrected chi connectivity index (χ3v) is 9.89. The lowest BCUT2D eigenvalue weighted by atomic mass is 9.78. The minimum Gasteiger partial charge on any atom is -0.504 e. The van der Waals surface area contributed by atoms with Crippen molar-refractivity contribution in [2.75, 3.05) is 12.3 Å². The molecule has 7 heteroatoms. The zero-order valence-electron chi connectivity index (χ0n) is 25.3. The Morgan fingerprint density at radius 2 is 2.05 bits per heavy atom. The first-order valence-electron chi connectivity index (χ1n) is 16.0. The van der Waals surface area contributed by atoms with Crippen LogP contribution in [0.1, 0.15) is 87.4 Å². The highest BCUT2D eigenvalue weighted by atomic mass is 16.5. The average Bonchev–Trinajstić information content (AvgIpc) is 3.45. The molecule has 6 atom stereocenters. The van der Waals surface area contributed by atoms with E-state index in [1.54, 1.807) is 12.3 Å². The zero-order valence-corrected chi connectivity index (χ0v) is 25.3. The summed E-state index contributed by atoms with van der Waals surface area (Å²) in [4.78, 5) is 7.41. The van der Waals surface area contributed by atoms with Gasteiger partial charge in [-0.1, -0.05) is 25.3 Å². The summed E-state index contributed by atoms with van der Waals surface area (Å²) in [5, 5.41) is 33.1. The van der Waals surface area contributed by atoms with Crippen molar-refractivity contribution in [3.05, 3.63) is 71.7 Å². The van der Waals surface area contributed by atoms with Crippen LogP contribution < -0.4 is 10.5 Å². The van der Waals surface area contributed by atoms with Crippen LogP contribution in [0.5, 0.6) is 11.5 Å². The Morgan fingerprint density at radius 3 is 2.84 bits per heavy atom. The van der Waals surface area contributed by atoms with E-state index in [9.17, 15) is 15.3 Å². The molecule has 1 aromatic carbocycles. The van der Waals surface area contributed by atoms with E-state index in [2.05, 4.69) is 34.8 Å². The molecule has 1 saturated carbocycles. The molecule has 0 aliphatic heterocycles. The molecule has 2 aliphatic carbocycles. The van der Waals surface area contributed by atoms with Crippen LogP contribution in [-0.2, 0) is 12.8 Å². The van der Waals surface area contributed by atoms with Crippen LogP contribution in [0.2, 0.25) is 0 Å². The van der Waals surface area contributed by atoms with E-state index >= 15 is 0 Å². The summed E-state index contributed by atoms with van der Waals surface area (Å²) < 4.78 is 6.10. The number of benzene rings is 1. The largest absolute Gasteiger partial charge is 0.504 e. The number of aromatic nitrogens is 2. The van der Waals surface area contributed by atoms with Crippen LogP contribution in [0, 0.1) is 29.1 Å². The van der Waals surface area contributed by atoms with Crippen molar-refractivity contribution in [3.63, 3.8) is 0 Å². The topological polar surface area (TPSA) is 125 Å². The predicted molar refractivity (Wildman–Crippen MR) is 170 cm³/mol. The Bertz CT molecular complexity index is 1380. The number of anilines is 1. The summed E-state index contributed by atoms with van der Waals surface area (Å²) in [5.74, 6) is 8.09. The van der Waals surface area contributed by atoms with Gasteiger partial charge in [0.1, 0.15) is 5.82 Å². The van der Waals surface area contributed by atoms with Crippen LogP contribution >= 0.6 is 0 Å². The third kappa shape index (κ3) is 7.93. The molecular weight excluding hydrogens is 538 g/mol. The lowest BCUT2D eigenvalue weighted by molar-refractivity contribution is -0.0231. The number of aliphatic hydroxyl groups excluding tert-OH is 2. The number of pyridine rings is 1. The first-order chi connectivity index (χ1) is 20.9. The molecule has 6 N–H and O–H groups in total. The number of aromatic hydroxyl groups is 1. The highest BCUT2D eigenvalue weighted by Gasteiger charge is 2.38. The maximum atomic E-state index is 11.3. The number of aliphatic hydroxyl groups is 2. The Kier molecular flexibility index (Phi) is 10.3. The SMILES string of the molecule is CC[C@@]12C#CC[C@H]([C@H](O)CCc3ccc(O)c(OCC[C@H](Cc4ccc[nH]4)c4ccnc(N)c4)c3)[C@@H](O)[C@@H](CCC1)CC2. The molecule has 0 unspecified atom stereocenters. The first-order valence-corrected chi connectivity index (χ1v) is 16.0. The maximum Gasteiger partial charge on any atom is 0.161 e. The lowest BCUT2D eigenvalue weighted by Gasteiger charge is -2.31. The van der Waals surface area contributed by atoms with Gasteiger partial charge in [0.15, 0.2) is 11.5 Å². The molecule has 2 aliphatic rings. The monoisotopic (exact) mass is 585 g/mol. The van der Waals surface area contributed by atoms with E-state index in [1.165, 1.54) is 0 Å². The second kappa shape index (κ2) is 14.3. The van der Waals surface area contributed by atoms with Crippen LogP contribution in [0.3, 0.4) is 0 Å². The molecule has 1 fully saturated rings. The predicted octanol–water partition coefficient (Wildman–Crippen LogP) is 6.15. The fraction of sp³-hybridized carbons (Fsp3) is 0.528. The number of hydrogen-bond acceptors (Lipinski definition) is 6. The summed E-state index contributed by atoms with van der Waals surface area (Å²) in [6.45, 7) is 2.64. The maximum absolute atomic E-state index is 11.3. The van der Waals surface area contributed by atoms with Gasteiger partial charge in [0.05, 0.1) is 18.8 Å². The van der Waals surface area contributed by atoms with Gasteiger partial charge in [-0.25, -0.2) is 4.98 Å². The number of nitrogens with zero attached hydrogens (tertiary/aromatic N) is 1. The molecule has 2 bridgehead atoms. The Morgan fingerprint density at radius 1 is 1.16 bits per heavy atom. The fourth-order valence-electron chi connectivity index (χ4n) is 7.07. The van der Waals surface area contributed by atoms with Crippen molar-refractivity contribution in [1.82, 2.24) is 9.97 Å². The fourth-order valence-corrected chi connectivity index (χ4v) is 7.07. The summed E-state index contributed by atoms with van der Waals surface area (Å²) in [6, 6.07) is 13.3. The van der Waals surface area contributed by atoms with E-state index in [-0.39, 0.29) is 28.9 Å². The molecule has 2 aromatic heterocycles. The third-order valence-electron chi connectivity index (χ3n) is 9.89. The molecule has 3 aromatic rings. The molecule has 230 valence electrons.